The van der Waals surface area contributed by atoms with Gasteiger partial charge >= 0.3 is 5.97 Å². The predicted octanol–water partition coefficient (Wildman–Crippen LogP) is 4.30. The Labute approximate surface area is 121 Å². The molecule has 2 heterocycles. The molecule has 0 bridgehead atoms. The van der Waals surface area contributed by atoms with Crippen molar-refractivity contribution in [2.75, 3.05) is 0 Å². The highest BCUT2D eigenvalue weighted by Gasteiger charge is 2.49. The van der Waals surface area contributed by atoms with E-state index in [0.717, 1.165) is 51.9 Å². The Balaban J connectivity index is 2.09. The topological polar surface area (TPSA) is 63.6 Å². The molecule has 1 aliphatic rings. The summed E-state index contributed by atoms with van der Waals surface area (Å²) in [5.74, 6) is 0.907. The quantitative estimate of drug-likeness (QED) is 0.778. The number of carboxylic acid groups (broad SMARTS) is 1. The molecule has 0 atom stereocenters. The fraction of sp³-hybridized carbons (Fsp3) is 0.353. The highest BCUT2D eigenvalue weighted by Crippen LogP contribution is 2.55. The van der Waals surface area contributed by atoms with Crippen LogP contribution in [0.2, 0.25) is 0 Å². The van der Waals surface area contributed by atoms with Crippen LogP contribution in [0.3, 0.4) is 0 Å². The van der Waals surface area contributed by atoms with E-state index in [9.17, 15) is 9.90 Å². The Hall–Kier alpha value is -2.23. The molecule has 0 unspecified atom stereocenters. The summed E-state index contributed by atoms with van der Waals surface area (Å²) in [6.45, 7) is 3.82. The maximum absolute atomic E-state index is 11.3. The second-order valence-corrected chi connectivity index (χ2v) is 6.15. The minimum atomic E-state index is -0.763. The van der Waals surface area contributed by atoms with Gasteiger partial charge in [0.05, 0.1) is 6.42 Å². The van der Waals surface area contributed by atoms with Gasteiger partial charge in [0.25, 0.3) is 0 Å². The molecule has 1 fully saturated rings. The summed E-state index contributed by atoms with van der Waals surface area (Å²) in [7, 11) is 0. The van der Waals surface area contributed by atoms with Crippen molar-refractivity contribution in [2.45, 2.75) is 38.5 Å². The van der Waals surface area contributed by atoms with Gasteiger partial charge < -0.3 is 13.9 Å². The number of benzene rings is 1. The molecule has 4 heteroatoms. The van der Waals surface area contributed by atoms with Crippen molar-refractivity contribution < 1.29 is 18.7 Å². The highest BCUT2D eigenvalue weighted by molar-refractivity contribution is 6.00. The second kappa shape index (κ2) is 3.91. The first kappa shape index (κ1) is 12.5. The van der Waals surface area contributed by atoms with Crippen LogP contribution < -0.4 is 0 Å². The van der Waals surface area contributed by atoms with E-state index < -0.39 is 5.97 Å². The second-order valence-electron chi connectivity index (χ2n) is 6.15. The summed E-state index contributed by atoms with van der Waals surface area (Å²) in [5.41, 5.74) is 2.35. The lowest BCUT2D eigenvalue weighted by Gasteiger charge is -2.14. The number of aliphatic carboxylic acids is 1. The summed E-state index contributed by atoms with van der Waals surface area (Å²) >= 11 is 0. The first-order valence-electron chi connectivity index (χ1n) is 7.14. The van der Waals surface area contributed by atoms with E-state index in [-0.39, 0.29) is 11.8 Å². The number of carbonyl (C=O) groups is 1. The first-order chi connectivity index (χ1) is 9.98. The Kier molecular flexibility index (Phi) is 2.33. The lowest BCUT2D eigenvalue weighted by Crippen LogP contribution is -2.13. The van der Waals surface area contributed by atoms with Gasteiger partial charge in [0, 0.05) is 21.8 Å². The fourth-order valence-corrected chi connectivity index (χ4v) is 3.42. The zero-order chi connectivity index (χ0) is 14.8. The number of fused-ring (bicyclic) bond motifs is 2. The van der Waals surface area contributed by atoms with Gasteiger partial charge in [-0.05, 0) is 44.9 Å². The lowest BCUT2D eigenvalue weighted by atomic mass is 9.88. The molecule has 0 amide bonds. The molecule has 0 saturated heterocycles. The van der Waals surface area contributed by atoms with Gasteiger partial charge in [-0.2, -0.15) is 0 Å². The van der Waals surface area contributed by atoms with E-state index in [0.29, 0.717) is 0 Å². The Bertz CT molecular complexity index is 822. The Morgan fingerprint density at radius 1 is 1.19 bits per heavy atom. The van der Waals surface area contributed by atoms with Gasteiger partial charge in [-0.1, -0.05) is 0 Å². The largest absolute Gasteiger partial charge is 0.481 e. The third-order valence-corrected chi connectivity index (χ3v) is 4.42. The molecule has 1 aromatic carbocycles. The van der Waals surface area contributed by atoms with Crippen LogP contribution in [-0.4, -0.2) is 11.1 Å². The predicted molar refractivity (Wildman–Crippen MR) is 78.6 cm³/mol. The van der Waals surface area contributed by atoms with E-state index in [1.165, 1.54) is 0 Å². The zero-order valence-electron chi connectivity index (χ0n) is 12.0. The fourth-order valence-electron chi connectivity index (χ4n) is 3.42. The van der Waals surface area contributed by atoms with Gasteiger partial charge in [-0.15, -0.1) is 0 Å². The molecule has 21 heavy (non-hydrogen) atoms. The summed E-state index contributed by atoms with van der Waals surface area (Å²) < 4.78 is 11.7. The van der Waals surface area contributed by atoms with Crippen LogP contribution in [0.1, 0.15) is 36.3 Å². The molecule has 3 aromatic rings. The van der Waals surface area contributed by atoms with Gasteiger partial charge in [0.15, 0.2) is 0 Å². The molecule has 0 radical (unpaired) electrons. The maximum atomic E-state index is 11.3. The molecule has 2 aromatic heterocycles. The Morgan fingerprint density at radius 2 is 1.90 bits per heavy atom. The van der Waals surface area contributed by atoms with Crippen molar-refractivity contribution in [3.63, 3.8) is 0 Å². The number of hydrogen-bond acceptors (Lipinski definition) is 3. The highest BCUT2D eigenvalue weighted by atomic mass is 16.4. The molecular weight excluding hydrogens is 268 g/mol. The third kappa shape index (κ3) is 1.78. The molecule has 1 N–H and O–H groups in total. The van der Waals surface area contributed by atoms with E-state index in [4.69, 9.17) is 8.83 Å². The lowest BCUT2D eigenvalue weighted by molar-refractivity contribution is -0.137. The molecule has 0 spiro atoms. The van der Waals surface area contributed by atoms with Gasteiger partial charge in [0.2, 0.25) is 0 Å². The normalized spacial score (nSPS) is 16.7. The average molecular weight is 284 g/mol. The van der Waals surface area contributed by atoms with Crippen LogP contribution in [0.15, 0.2) is 27.0 Å². The number of aryl methyl sites for hydroxylation is 2. The number of carboxylic acids is 1. The number of rotatable bonds is 3. The van der Waals surface area contributed by atoms with Gasteiger partial charge in [0.1, 0.15) is 22.7 Å². The van der Waals surface area contributed by atoms with Gasteiger partial charge in [-0.25, -0.2) is 0 Å². The van der Waals surface area contributed by atoms with Crippen molar-refractivity contribution in [2.24, 2.45) is 0 Å². The number of hydrogen-bond donors (Lipinski definition) is 1. The van der Waals surface area contributed by atoms with E-state index in [1.807, 2.05) is 32.0 Å². The monoisotopic (exact) mass is 284 g/mol. The van der Waals surface area contributed by atoms with Crippen LogP contribution in [0.5, 0.6) is 0 Å². The molecule has 4 nitrogen and oxygen atoms in total. The SMILES string of the molecule is Cc1cc2c(C3(CC(=O)O)CC3)c3oc(C)cc3cc2o1. The zero-order valence-corrected chi connectivity index (χ0v) is 12.0. The van der Waals surface area contributed by atoms with Crippen molar-refractivity contribution in [3.8, 4) is 0 Å². The number of furan rings is 2. The molecule has 0 aliphatic heterocycles. The van der Waals surface area contributed by atoms with E-state index >= 15 is 0 Å². The molecule has 4 rings (SSSR count). The summed E-state index contributed by atoms with van der Waals surface area (Å²) in [5, 5.41) is 11.2. The van der Waals surface area contributed by atoms with Crippen LogP contribution in [0.25, 0.3) is 21.9 Å². The van der Waals surface area contributed by atoms with Crippen molar-refractivity contribution in [1.82, 2.24) is 0 Å². The maximum Gasteiger partial charge on any atom is 0.304 e. The molecule has 108 valence electrons. The summed E-state index contributed by atoms with van der Waals surface area (Å²) in [6, 6.07) is 5.95. The van der Waals surface area contributed by atoms with Gasteiger partial charge in [-0.3, -0.25) is 4.79 Å². The molecule has 1 aliphatic carbocycles. The van der Waals surface area contributed by atoms with E-state index in [1.54, 1.807) is 0 Å². The minimum absolute atomic E-state index is 0.144. The Morgan fingerprint density at radius 3 is 2.57 bits per heavy atom. The average Bonchev–Trinajstić information content (AvgIpc) is 2.88. The van der Waals surface area contributed by atoms with Crippen molar-refractivity contribution in [3.05, 3.63) is 35.3 Å². The minimum Gasteiger partial charge on any atom is -0.481 e. The smallest absolute Gasteiger partial charge is 0.304 e. The van der Waals surface area contributed by atoms with Crippen LogP contribution in [0.4, 0.5) is 0 Å². The molecule has 1 saturated carbocycles. The van der Waals surface area contributed by atoms with Crippen molar-refractivity contribution >= 4 is 27.9 Å². The van der Waals surface area contributed by atoms with Crippen LogP contribution >= 0.6 is 0 Å². The van der Waals surface area contributed by atoms with E-state index in [2.05, 4.69) is 0 Å². The molecular formula is C17H16O4. The van der Waals surface area contributed by atoms with Crippen LogP contribution in [-0.2, 0) is 10.2 Å². The first-order valence-corrected chi connectivity index (χ1v) is 7.14. The third-order valence-electron chi connectivity index (χ3n) is 4.42. The standard InChI is InChI=1S/C17H16O4/c1-9-5-11-7-13-12(6-10(2)20-13)15(16(11)21-9)17(3-4-17)8-14(18)19/h5-7H,3-4,8H2,1-2H3,(H,18,19). The summed E-state index contributed by atoms with van der Waals surface area (Å²) in [4.78, 5) is 11.3. The summed E-state index contributed by atoms with van der Waals surface area (Å²) in [6.07, 6.45) is 1.92. The van der Waals surface area contributed by atoms with Crippen LogP contribution in [0, 0.1) is 13.8 Å². The van der Waals surface area contributed by atoms with Crippen molar-refractivity contribution in [1.29, 1.82) is 0 Å².